The Balaban J connectivity index is 1.32. The van der Waals surface area contributed by atoms with Crippen molar-refractivity contribution in [1.29, 1.82) is 0 Å². The summed E-state index contributed by atoms with van der Waals surface area (Å²) in [5, 5.41) is 2.71. The number of fused-ring (bicyclic) bond motifs is 3. The van der Waals surface area contributed by atoms with E-state index >= 15 is 0 Å². The fourth-order valence-corrected chi connectivity index (χ4v) is 3.75. The number of carbonyl (C=O) groups excluding carboxylic acids is 1. The van der Waals surface area contributed by atoms with Crippen molar-refractivity contribution in [1.82, 2.24) is 5.32 Å². The van der Waals surface area contributed by atoms with Crippen LogP contribution in [0.15, 0.2) is 79.4 Å². The van der Waals surface area contributed by atoms with Crippen LogP contribution in [0.4, 0.5) is 4.79 Å². The van der Waals surface area contributed by atoms with Gasteiger partial charge in [-0.2, -0.15) is 0 Å². The van der Waals surface area contributed by atoms with E-state index in [1.165, 1.54) is 22.3 Å². The maximum Gasteiger partial charge on any atom is 0.407 e. The molecule has 1 aliphatic rings. The van der Waals surface area contributed by atoms with Crippen molar-refractivity contribution >= 4 is 11.7 Å². The molecule has 0 aliphatic heterocycles. The van der Waals surface area contributed by atoms with Crippen LogP contribution >= 0.6 is 0 Å². The molecule has 30 heavy (non-hydrogen) atoms. The Bertz CT molecular complexity index is 1100. The van der Waals surface area contributed by atoms with Gasteiger partial charge in [-0.05, 0) is 46.9 Å². The summed E-state index contributed by atoms with van der Waals surface area (Å²) >= 11 is 0. The molecular weight excluding hydrogens is 370 g/mol. The minimum Gasteiger partial charge on any atom is -0.449 e. The van der Waals surface area contributed by atoms with Gasteiger partial charge in [0.15, 0.2) is 0 Å². The number of rotatable bonds is 4. The van der Waals surface area contributed by atoms with E-state index in [0.717, 1.165) is 16.7 Å². The van der Waals surface area contributed by atoms with Gasteiger partial charge in [0.1, 0.15) is 6.61 Å². The summed E-state index contributed by atoms with van der Waals surface area (Å²) < 4.78 is 5.51. The first-order valence-corrected chi connectivity index (χ1v) is 9.97. The molecule has 3 aromatic carbocycles. The number of allylic oxidation sites excluding steroid dienone is 1. The van der Waals surface area contributed by atoms with Gasteiger partial charge < -0.3 is 10.1 Å². The third kappa shape index (κ3) is 4.14. The van der Waals surface area contributed by atoms with Crippen LogP contribution in [0.2, 0.25) is 0 Å². The van der Waals surface area contributed by atoms with Gasteiger partial charge in [-0.1, -0.05) is 84.7 Å². The standard InChI is InChI=1S/C27H23NO2/c1-19(2)21-15-13-20(14-16-21)8-7-17-28-27(29)30-18-26-24-11-5-3-9-22(24)23-10-4-6-12-25(23)26/h3-6,9-16,26H,1,17-18H2,2H3,(H,28,29). The van der Waals surface area contributed by atoms with Gasteiger partial charge in [0.05, 0.1) is 6.54 Å². The maximum absolute atomic E-state index is 12.1. The number of amides is 1. The minimum absolute atomic E-state index is 0.0565. The summed E-state index contributed by atoms with van der Waals surface area (Å²) in [7, 11) is 0. The number of carbonyl (C=O) groups is 1. The third-order valence-electron chi connectivity index (χ3n) is 5.28. The summed E-state index contributed by atoms with van der Waals surface area (Å²) in [6.07, 6.45) is -0.455. The molecule has 0 saturated carbocycles. The topological polar surface area (TPSA) is 38.3 Å². The molecule has 0 fully saturated rings. The smallest absolute Gasteiger partial charge is 0.407 e. The average Bonchev–Trinajstić information content (AvgIpc) is 3.09. The first-order valence-electron chi connectivity index (χ1n) is 9.97. The molecule has 1 aliphatic carbocycles. The molecule has 0 saturated heterocycles. The van der Waals surface area contributed by atoms with Crippen LogP contribution in [0, 0.1) is 11.8 Å². The monoisotopic (exact) mass is 393 g/mol. The van der Waals surface area contributed by atoms with Gasteiger partial charge >= 0.3 is 6.09 Å². The van der Waals surface area contributed by atoms with E-state index < -0.39 is 6.09 Å². The summed E-state index contributed by atoms with van der Waals surface area (Å²) in [5.41, 5.74) is 7.84. The largest absolute Gasteiger partial charge is 0.449 e. The molecule has 0 unspecified atom stereocenters. The van der Waals surface area contributed by atoms with Crippen molar-refractivity contribution in [3.63, 3.8) is 0 Å². The van der Waals surface area contributed by atoms with Crippen LogP contribution in [-0.4, -0.2) is 19.2 Å². The number of ether oxygens (including phenoxy) is 1. The molecule has 3 aromatic rings. The molecule has 3 nitrogen and oxygen atoms in total. The van der Waals surface area contributed by atoms with E-state index in [1.807, 2.05) is 55.5 Å². The highest BCUT2D eigenvalue weighted by molar-refractivity contribution is 5.79. The van der Waals surface area contributed by atoms with Crippen molar-refractivity contribution in [2.45, 2.75) is 12.8 Å². The molecule has 0 spiro atoms. The molecule has 0 aromatic heterocycles. The Kier molecular flexibility index (Phi) is 5.68. The molecule has 0 heterocycles. The molecule has 1 amide bonds. The van der Waals surface area contributed by atoms with Gasteiger partial charge in [0.2, 0.25) is 0 Å². The lowest BCUT2D eigenvalue weighted by atomic mass is 9.98. The molecule has 0 radical (unpaired) electrons. The highest BCUT2D eigenvalue weighted by Gasteiger charge is 2.28. The third-order valence-corrected chi connectivity index (χ3v) is 5.28. The van der Waals surface area contributed by atoms with Crippen molar-refractivity contribution in [3.05, 3.63) is 102 Å². The Labute approximate surface area is 177 Å². The van der Waals surface area contributed by atoms with Crippen LogP contribution in [0.1, 0.15) is 35.1 Å². The first-order chi connectivity index (χ1) is 14.6. The summed E-state index contributed by atoms with van der Waals surface area (Å²) in [6, 6.07) is 24.4. The fraction of sp³-hybridized carbons (Fsp3) is 0.148. The van der Waals surface area contributed by atoms with Crippen LogP contribution in [0.3, 0.4) is 0 Å². The van der Waals surface area contributed by atoms with Crippen molar-refractivity contribution in [2.75, 3.05) is 13.2 Å². The number of benzene rings is 3. The normalized spacial score (nSPS) is 11.6. The van der Waals surface area contributed by atoms with Gasteiger partial charge in [-0.25, -0.2) is 4.79 Å². The summed E-state index contributed by atoms with van der Waals surface area (Å²) in [6.45, 7) is 6.43. The molecule has 148 valence electrons. The number of nitrogens with one attached hydrogen (secondary N) is 1. The predicted molar refractivity (Wildman–Crippen MR) is 121 cm³/mol. The van der Waals surface area contributed by atoms with Crippen LogP contribution in [0.25, 0.3) is 16.7 Å². The second-order valence-electron chi connectivity index (χ2n) is 7.34. The lowest BCUT2D eigenvalue weighted by Gasteiger charge is -2.14. The van der Waals surface area contributed by atoms with Crippen molar-refractivity contribution in [2.24, 2.45) is 0 Å². The van der Waals surface area contributed by atoms with E-state index in [0.29, 0.717) is 6.61 Å². The number of alkyl carbamates (subject to hydrolysis) is 1. The second-order valence-corrected chi connectivity index (χ2v) is 7.34. The number of hydrogen-bond donors (Lipinski definition) is 1. The molecule has 3 heteroatoms. The van der Waals surface area contributed by atoms with E-state index in [1.54, 1.807) is 0 Å². The first kappa shape index (κ1) is 19.5. The van der Waals surface area contributed by atoms with Gasteiger partial charge in [-0.15, -0.1) is 0 Å². The van der Waals surface area contributed by atoms with E-state index in [4.69, 9.17) is 4.74 Å². The van der Waals surface area contributed by atoms with Crippen LogP contribution in [0.5, 0.6) is 0 Å². The highest BCUT2D eigenvalue weighted by atomic mass is 16.5. The molecule has 4 rings (SSSR count). The average molecular weight is 393 g/mol. The Hall–Kier alpha value is -3.77. The lowest BCUT2D eigenvalue weighted by Crippen LogP contribution is -2.26. The summed E-state index contributed by atoms with van der Waals surface area (Å²) in [5.74, 6) is 6.05. The minimum atomic E-state index is -0.455. The van der Waals surface area contributed by atoms with Crippen molar-refractivity contribution < 1.29 is 9.53 Å². The molecule has 0 bridgehead atoms. The van der Waals surface area contributed by atoms with E-state index in [-0.39, 0.29) is 12.5 Å². The quantitative estimate of drug-likeness (QED) is 0.585. The highest BCUT2D eigenvalue weighted by Crippen LogP contribution is 2.44. The maximum atomic E-state index is 12.1. The zero-order valence-electron chi connectivity index (χ0n) is 16.9. The summed E-state index contributed by atoms with van der Waals surface area (Å²) in [4.78, 5) is 12.1. The van der Waals surface area contributed by atoms with Crippen LogP contribution in [-0.2, 0) is 4.74 Å². The van der Waals surface area contributed by atoms with Crippen molar-refractivity contribution in [3.8, 4) is 23.0 Å². The molecule has 0 atom stereocenters. The van der Waals surface area contributed by atoms with Gasteiger partial charge in [0, 0.05) is 11.5 Å². The van der Waals surface area contributed by atoms with E-state index in [2.05, 4.69) is 48.0 Å². The SMILES string of the molecule is C=C(C)c1ccc(C#CCNC(=O)OCC2c3ccccc3-c3ccccc32)cc1. The zero-order valence-corrected chi connectivity index (χ0v) is 16.9. The zero-order chi connectivity index (χ0) is 20.9. The van der Waals surface area contributed by atoms with Gasteiger partial charge in [-0.3, -0.25) is 0 Å². The van der Waals surface area contributed by atoms with Gasteiger partial charge in [0.25, 0.3) is 0 Å². The Morgan fingerprint density at radius 3 is 2.17 bits per heavy atom. The van der Waals surface area contributed by atoms with Crippen LogP contribution < -0.4 is 5.32 Å². The predicted octanol–water partition coefficient (Wildman–Crippen LogP) is 5.61. The molecule has 1 N–H and O–H groups in total. The fourth-order valence-electron chi connectivity index (χ4n) is 3.75. The molecular formula is C27H23NO2. The Morgan fingerprint density at radius 2 is 1.57 bits per heavy atom. The number of hydrogen-bond acceptors (Lipinski definition) is 2. The van der Waals surface area contributed by atoms with E-state index in [9.17, 15) is 4.79 Å². The Morgan fingerprint density at radius 1 is 0.967 bits per heavy atom. The lowest BCUT2D eigenvalue weighted by molar-refractivity contribution is 0.144. The second kappa shape index (κ2) is 8.71.